The summed E-state index contributed by atoms with van der Waals surface area (Å²) >= 11 is 7.08. The van der Waals surface area contributed by atoms with E-state index in [0.717, 1.165) is 10.0 Å². The first-order valence-corrected chi connectivity index (χ1v) is 7.36. The van der Waals surface area contributed by atoms with Gasteiger partial charge in [0, 0.05) is 4.47 Å². The van der Waals surface area contributed by atoms with Gasteiger partial charge in [-0.1, -0.05) is 56.1 Å². The largest absolute Gasteiger partial charge is 0.207 e. The topological polar surface area (TPSA) is 0 Å². The van der Waals surface area contributed by atoms with Gasteiger partial charge in [-0.25, -0.2) is 4.39 Å². The molecule has 0 aliphatic rings. The minimum atomic E-state index is -0.231. The van der Waals surface area contributed by atoms with Gasteiger partial charge in [-0.05, 0) is 48.2 Å². The van der Waals surface area contributed by atoms with Crippen LogP contribution in [0.1, 0.15) is 27.1 Å². The maximum absolute atomic E-state index is 13.1. The standard InChI is InChI=1S/C15H13Br2F/c1-9-3-4-11(7-10(9)2)15(17)13-6-5-12(18)8-14(13)16/h3-8,15H,1-2H3. The van der Waals surface area contributed by atoms with Crippen molar-refractivity contribution in [2.45, 2.75) is 18.7 Å². The minimum Gasteiger partial charge on any atom is -0.207 e. The van der Waals surface area contributed by atoms with Crippen LogP contribution in [0.5, 0.6) is 0 Å². The molecule has 0 heterocycles. The second kappa shape index (κ2) is 5.54. The van der Waals surface area contributed by atoms with Crippen LogP contribution in [0, 0.1) is 19.7 Å². The molecule has 2 rings (SSSR count). The predicted octanol–water partition coefficient (Wildman–Crippen LogP) is 5.69. The lowest BCUT2D eigenvalue weighted by atomic mass is 10.0. The van der Waals surface area contributed by atoms with Crippen LogP contribution in [0.25, 0.3) is 0 Å². The van der Waals surface area contributed by atoms with E-state index < -0.39 is 0 Å². The Bertz CT molecular complexity index is 579. The highest BCUT2D eigenvalue weighted by Crippen LogP contribution is 2.36. The predicted molar refractivity (Wildman–Crippen MR) is 80.8 cm³/mol. The van der Waals surface area contributed by atoms with E-state index in [4.69, 9.17) is 0 Å². The molecule has 0 fully saturated rings. The maximum Gasteiger partial charge on any atom is 0.124 e. The first kappa shape index (κ1) is 13.8. The fourth-order valence-corrected chi connectivity index (χ4v) is 3.38. The second-order valence-corrected chi connectivity index (χ2v) is 6.14. The Balaban J connectivity index is 2.41. The molecule has 0 N–H and O–H groups in total. The van der Waals surface area contributed by atoms with Crippen molar-refractivity contribution in [3.8, 4) is 0 Å². The zero-order valence-electron chi connectivity index (χ0n) is 10.2. The summed E-state index contributed by atoms with van der Waals surface area (Å²) in [6.07, 6.45) is 0. The van der Waals surface area contributed by atoms with Crippen LogP contribution < -0.4 is 0 Å². The molecule has 0 aromatic heterocycles. The smallest absolute Gasteiger partial charge is 0.124 e. The van der Waals surface area contributed by atoms with Gasteiger partial charge in [0.25, 0.3) is 0 Å². The Morgan fingerprint density at radius 1 is 1.00 bits per heavy atom. The number of aryl methyl sites for hydroxylation is 2. The van der Waals surface area contributed by atoms with E-state index in [2.05, 4.69) is 63.9 Å². The number of alkyl halides is 1. The van der Waals surface area contributed by atoms with Gasteiger partial charge in [-0.2, -0.15) is 0 Å². The van der Waals surface area contributed by atoms with Gasteiger partial charge in [-0.3, -0.25) is 0 Å². The number of halogens is 3. The normalized spacial score (nSPS) is 12.5. The maximum atomic E-state index is 13.1. The number of hydrogen-bond donors (Lipinski definition) is 0. The zero-order valence-corrected chi connectivity index (χ0v) is 13.3. The summed E-state index contributed by atoms with van der Waals surface area (Å²) in [5, 5.41) is 0. The molecular weight excluding hydrogens is 359 g/mol. The highest BCUT2D eigenvalue weighted by Gasteiger charge is 2.14. The van der Waals surface area contributed by atoms with Crippen molar-refractivity contribution in [3.05, 3.63) is 68.9 Å². The molecule has 1 unspecified atom stereocenters. The van der Waals surface area contributed by atoms with Crippen LogP contribution in [-0.2, 0) is 0 Å². The number of benzene rings is 2. The van der Waals surface area contributed by atoms with Gasteiger partial charge in [-0.15, -0.1) is 0 Å². The SMILES string of the molecule is Cc1ccc(C(Br)c2ccc(F)cc2Br)cc1C. The summed E-state index contributed by atoms with van der Waals surface area (Å²) in [5.41, 5.74) is 4.73. The third kappa shape index (κ3) is 2.83. The van der Waals surface area contributed by atoms with E-state index in [1.165, 1.54) is 28.8 Å². The average Bonchev–Trinajstić information content (AvgIpc) is 2.32. The molecule has 1 atom stereocenters. The van der Waals surface area contributed by atoms with Crippen LogP contribution >= 0.6 is 31.9 Å². The van der Waals surface area contributed by atoms with Crippen LogP contribution in [0.4, 0.5) is 4.39 Å². The van der Waals surface area contributed by atoms with Crippen molar-refractivity contribution in [1.29, 1.82) is 0 Å². The highest BCUT2D eigenvalue weighted by molar-refractivity contribution is 9.11. The second-order valence-electron chi connectivity index (χ2n) is 4.37. The third-order valence-electron chi connectivity index (χ3n) is 3.06. The highest BCUT2D eigenvalue weighted by atomic mass is 79.9. The van der Waals surface area contributed by atoms with Gasteiger partial charge in [0.1, 0.15) is 5.82 Å². The van der Waals surface area contributed by atoms with E-state index in [0.29, 0.717) is 0 Å². The number of hydrogen-bond acceptors (Lipinski definition) is 0. The Hall–Kier alpha value is -0.670. The molecule has 0 aliphatic carbocycles. The summed E-state index contributed by atoms with van der Waals surface area (Å²) in [6, 6.07) is 11.1. The molecule has 0 saturated heterocycles. The zero-order chi connectivity index (χ0) is 13.3. The fraction of sp³-hybridized carbons (Fsp3) is 0.200. The van der Waals surface area contributed by atoms with Gasteiger partial charge in [0.2, 0.25) is 0 Å². The summed E-state index contributed by atoms with van der Waals surface area (Å²) in [5.74, 6) is -0.231. The molecule has 18 heavy (non-hydrogen) atoms. The van der Waals surface area contributed by atoms with Crippen LogP contribution in [0.15, 0.2) is 40.9 Å². The first-order chi connectivity index (χ1) is 8.49. The lowest BCUT2D eigenvalue weighted by Gasteiger charge is -2.14. The summed E-state index contributed by atoms with van der Waals surface area (Å²) in [4.78, 5) is 0.0618. The Kier molecular flexibility index (Phi) is 4.23. The lowest BCUT2D eigenvalue weighted by Crippen LogP contribution is -1.96. The quantitative estimate of drug-likeness (QED) is 0.595. The monoisotopic (exact) mass is 370 g/mol. The average molecular weight is 372 g/mol. The summed E-state index contributed by atoms with van der Waals surface area (Å²) < 4.78 is 13.9. The van der Waals surface area contributed by atoms with Crippen molar-refractivity contribution < 1.29 is 4.39 Å². The van der Waals surface area contributed by atoms with Crippen molar-refractivity contribution in [3.63, 3.8) is 0 Å². The van der Waals surface area contributed by atoms with Crippen molar-refractivity contribution in [1.82, 2.24) is 0 Å². The van der Waals surface area contributed by atoms with E-state index in [-0.39, 0.29) is 10.6 Å². The molecule has 3 heteroatoms. The summed E-state index contributed by atoms with van der Waals surface area (Å²) in [6.45, 7) is 4.19. The van der Waals surface area contributed by atoms with Gasteiger partial charge >= 0.3 is 0 Å². The van der Waals surface area contributed by atoms with E-state index >= 15 is 0 Å². The first-order valence-electron chi connectivity index (χ1n) is 5.65. The molecule has 0 bridgehead atoms. The molecule has 0 saturated carbocycles. The van der Waals surface area contributed by atoms with Crippen LogP contribution in [-0.4, -0.2) is 0 Å². The van der Waals surface area contributed by atoms with E-state index in [1.54, 1.807) is 6.07 Å². The van der Waals surface area contributed by atoms with Crippen LogP contribution in [0.2, 0.25) is 0 Å². The van der Waals surface area contributed by atoms with E-state index in [9.17, 15) is 4.39 Å². The Morgan fingerprint density at radius 2 is 1.72 bits per heavy atom. The fourth-order valence-electron chi connectivity index (χ4n) is 1.81. The molecule has 0 aliphatic heterocycles. The minimum absolute atomic E-state index is 0.0618. The van der Waals surface area contributed by atoms with Crippen molar-refractivity contribution in [2.24, 2.45) is 0 Å². The molecular formula is C15H13Br2F. The molecule has 0 nitrogen and oxygen atoms in total. The molecule has 2 aromatic rings. The Labute approximate surface area is 123 Å². The van der Waals surface area contributed by atoms with E-state index in [1.807, 2.05) is 0 Å². The lowest BCUT2D eigenvalue weighted by molar-refractivity contribution is 0.626. The molecule has 0 amide bonds. The third-order valence-corrected chi connectivity index (χ3v) is 4.77. The van der Waals surface area contributed by atoms with Crippen LogP contribution in [0.3, 0.4) is 0 Å². The molecule has 0 radical (unpaired) electrons. The Morgan fingerprint density at radius 3 is 2.33 bits per heavy atom. The van der Waals surface area contributed by atoms with Gasteiger partial charge in [0.05, 0.1) is 4.83 Å². The van der Waals surface area contributed by atoms with Gasteiger partial charge < -0.3 is 0 Å². The molecule has 2 aromatic carbocycles. The number of rotatable bonds is 2. The summed E-state index contributed by atoms with van der Waals surface area (Å²) in [7, 11) is 0. The molecule has 0 spiro atoms. The van der Waals surface area contributed by atoms with Gasteiger partial charge in [0.15, 0.2) is 0 Å². The van der Waals surface area contributed by atoms with Crippen molar-refractivity contribution in [2.75, 3.05) is 0 Å². The molecule has 94 valence electrons. The van der Waals surface area contributed by atoms with Crippen molar-refractivity contribution >= 4 is 31.9 Å².